The molecule has 0 N–H and O–H groups in total. The zero-order valence-electron chi connectivity index (χ0n) is 10.1. The lowest BCUT2D eigenvalue weighted by molar-refractivity contribution is -0.0427. The van der Waals surface area contributed by atoms with Gasteiger partial charge >= 0.3 is 0 Å². The molecule has 1 heterocycles. The molecule has 0 spiro atoms. The number of nitrogens with zero attached hydrogens (tertiary/aromatic N) is 1. The zero-order chi connectivity index (χ0) is 10.6. The summed E-state index contributed by atoms with van der Waals surface area (Å²) in [5, 5.41) is 0. The quantitative estimate of drug-likeness (QED) is 0.690. The van der Waals surface area contributed by atoms with Gasteiger partial charge in [-0.15, -0.1) is 0 Å². The summed E-state index contributed by atoms with van der Waals surface area (Å²) in [5.74, 6) is 0.766. The van der Waals surface area contributed by atoms with Gasteiger partial charge in [0.1, 0.15) is 0 Å². The van der Waals surface area contributed by atoms with Crippen LogP contribution in [0.1, 0.15) is 40.5 Å². The van der Waals surface area contributed by atoms with Crippen molar-refractivity contribution in [3.05, 3.63) is 0 Å². The van der Waals surface area contributed by atoms with Crippen LogP contribution in [0.5, 0.6) is 0 Å². The van der Waals surface area contributed by atoms with Gasteiger partial charge < -0.3 is 4.74 Å². The van der Waals surface area contributed by atoms with Crippen molar-refractivity contribution in [1.29, 1.82) is 0 Å². The summed E-state index contributed by atoms with van der Waals surface area (Å²) in [5.41, 5.74) is 0. The number of hydrogen-bond acceptors (Lipinski definition) is 2. The van der Waals surface area contributed by atoms with Crippen molar-refractivity contribution in [2.75, 3.05) is 19.8 Å². The van der Waals surface area contributed by atoms with E-state index < -0.39 is 0 Å². The molecule has 1 fully saturated rings. The van der Waals surface area contributed by atoms with E-state index in [1.807, 2.05) is 0 Å². The van der Waals surface area contributed by atoms with Gasteiger partial charge in [-0.3, -0.25) is 4.90 Å². The summed E-state index contributed by atoms with van der Waals surface area (Å²) in [6.07, 6.45) is 2.60. The smallest absolute Gasteiger partial charge is 0.0625 e. The Labute approximate surface area is 88.6 Å². The summed E-state index contributed by atoms with van der Waals surface area (Å²) in [6, 6.07) is 1.30. The van der Waals surface area contributed by atoms with E-state index in [-0.39, 0.29) is 0 Å². The van der Waals surface area contributed by atoms with Gasteiger partial charge in [0, 0.05) is 18.6 Å². The SMILES string of the molecule is CCCC(C)C1COCCN1C(C)C. The second-order valence-corrected chi connectivity index (χ2v) is 4.74. The first-order valence-corrected chi connectivity index (χ1v) is 6.00. The molecule has 2 nitrogen and oxygen atoms in total. The lowest BCUT2D eigenvalue weighted by Crippen LogP contribution is -2.51. The Hall–Kier alpha value is -0.0800. The first kappa shape index (κ1) is 12.0. The van der Waals surface area contributed by atoms with E-state index in [9.17, 15) is 0 Å². The highest BCUT2D eigenvalue weighted by atomic mass is 16.5. The van der Waals surface area contributed by atoms with Crippen LogP contribution in [0, 0.1) is 5.92 Å². The third kappa shape index (κ3) is 2.96. The van der Waals surface area contributed by atoms with Crippen molar-refractivity contribution in [2.24, 2.45) is 5.92 Å². The second kappa shape index (κ2) is 5.72. The van der Waals surface area contributed by atoms with Gasteiger partial charge in [0.2, 0.25) is 0 Å². The molecule has 0 aliphatic carbocycles. The predicted octanol–water partition coefficient (Wildman–Crippen LogP) is 2.53. The molecule has 14 heavy (non-hydrogen) atoms. The Morgan fingerprint density at radius 1 is 1.36 bits per heavy atom. The third-order valence-electron chi connectivity index (χ3n) is 3.27. The average Bonchev–Trinajstić information content (AvgIpc) is 2.18. The number of ether oxygens (including phenoxy) is 1. The topological polar surface area (TPSA) is 12.5 Å². The van der Waals surface area contributed by atoms with E-state index >= 15 is 0 Å². The van der Waals surface area contributed by atoms with Crippen LogP contribution in [0.25, 0.3) is 0 Å². The zero-order valence-corrected chi connectivity index (χ0v) is 10.1. The summed E-state index contributed by atoms with van der Waals surface area (Å²) < 4.78 is 5.59. The molecule has 0 bridgehead atoms. The van der Waals surface area contributed by atoms with Gasteiger partial charge in [-0.05, 0) is 26.2 Å². The van der Waals surface area contributed by atoms with Crippen LogP contribution in [0.3, 0.4) is 0 Å². The van der Waals surface area contributed by atoms with Crippen molar-refractivity contribution < 1.29 is 4.74 Å². The van der Waals surface area contributed by atoms with E-state index in [1.54, 1.807) is 0 Å². The van der Waals surface area contributed by atoms with E-state index in [1.165, 1.54) is 12.8 Å². The lowest BCUT2D eigenvalue weighted by Gasteiger charge is -2.41. The average molecular weight is 199 g/mol. The van der Waals surface area contributed by atoms with Gasteiger partial charge in [-0.2, -0.15) is 0 Å². The van der Waals surface area contributed by atoms with Crippen LogP contribution in [-0.4, -0.2) is 36.7 Å². The summed E-state index contributed by atoms with van der Waals surface area (Å²) in [4.78, 5) is 2.60. The minimum Gasteiger partial charge on any atom is -0.378 e. The molecule has 84 valence electrons. The largest absolute Gasteiger partial charge is 0.378 e. The van der Waals surface area contributed by atoms with Crippen LogP contribution >= 0.6 is 0 Å². The van der Waals surface area contributed by atoms with Gasteiger partial charge in [-0.25, -0.2) is 0 Å². The molecule has 1 aliphatic rings. The van der Waals surface area contributed by atoms with E-state index in [2.05, 4.69) is 32.6 Å². The molecule has 0 radical (unpaired) electrons. The number of hydrogen-bond donors (Lipinski definition) is 0. The highest BCUT2D eigenvalue weighted by Gasteiger charge is 2.28. The Morgan fingerprint density at radius 3 is 2.64 bits per heavy atom. The Morgan fingerprint density at radius 2 is 2.07 bits per heavy atom. The fourth-order valence-corrected chi connectivity index (χ4v) is 2.42. The molecule has 0 aromatic heterocycles. The summed E-state index contributed by atoms with van der Waals surface area (Å²) in [6.45, 7) is 12.1. The van der Waals surface area contributed by atoms with Gasteiger partial charge in [0.05, 0.1) is 13.2 Å². The first-order valence-electron chi connectivity index (χ1n) is 6.00. The number of rotatable bonds is 4. The van der Waals surface area contributed by atoms with Crippen LogP contribution in [0.4, 0.5) is 0 Å². The third-order valence-corrected chi connectivity index (χ3v) is 3.27. The predicted molar refractivity (Wildman–Crippen MR) is 60.5 cm³/mol. The van der Waals surface area contributed by atoms with E-state index in [4.69, 9.17) is 4.74 Å². The van der Waals surface area contributed by atoms with Crippen molar-refractivity contribution >= 4 is 0 Å². The van der Waals surface area contributed by atoms with Crippen LogP contribution in [0.15, 0.2) is 0 Å². The van der Waals surface area contributed by atoms with E-state index in [0.717, 1.165) is 25.7 Å². The van der Waals surface area contributed by atoms with Gasteiger partial charge in [-0.1, -0.05) is 20.3 Å². The minimum absolute atomic E-state index is 0.642. The highest BCUT2D eigenvalue weighted by Crippen LogP contribution is 2.21. The number of morpholine rings is 1. The first-order chi connectivity index (χ1) is 6.66. The van der Waals surface area contributed by atoms with Crippen LogP contribution in [0.2, 0.25) is 0 Å². The van der Waals surface area contributed by atoms with Crippen molar-refractivity contribution in [1.82, 2.24) is 4.90 Å². The molecule has 0 saturated carbocycles. The molecule has 1 saturated heterocycles. The molecule has 0 aromatic carbocycles. The highest BCUT2D eigenvalue weighted by molar-refractivity contribution is 4.81. The second-order valence-electron chi connectivity index (χ2n) is 4.74. The van der Waals surface area contributed by atoms with E-state index in [0.29, 0.717) is 12.1 Å². The van der Waals surface area contributed by atoms with Gasteiger partial charge in [0.15, 0.2) is 0 Å². The molecule has 2 heteroatoms. The standard InChI is InChI=1S/C12H25NO/c1-5-6-11(4)12-9-14-8-7-13(12)10(2)3/h10-12H,5-9H2,1-4H3. The van der Waals surface area contributed by atoms with Crippen molar-refractivity contribution in [3.8, 4) is 0 Å². The Kier molecular flexibility index (Phi) is 4.90. The molecule has 1 rings (SSSR count). The minimum atomic E-state index is 0.642. The molecular formula is C12H25NO. The maximum atomic E-state index is 5.59. The summed E-state index contributed by atoms with van der Waals surface area (Å²) >= 11 is 0. The normalized spacial score (nSPS) is 26.8. The molecule has 2 unspecified atom stereocenters. The molecular weight excluding hydrogens is 174 g/mol. The fourth-order valence-electron chi connectivity index (χ4n) is 2.42. The van der Waals surface area contributed by atoms with Crippen LogP contribution in [-0.2, 0) is 4.74 Å². The van der Waals surface area contributed by atoms with Crippen molar-refractivity contribution in [2.45, 2.75) is 52.6 Å². The molecule has 0 aromatic rings. The van der Waals surface area contributed by atoms with Crippen molar-refractivity contribution in [3.63, 3.8) is 0 Å². The summed E-state index contributed by atoms with van der Waals surface area (Å²) in [7, 11) is 0. The lowest BCUT2D eigenvalue weighted by atomic mass is 9.94. The Bertz CT molecular complexity index is 158. The van der Waals surface area contributed by atoms with Crippen LogP contribution < -0.4 is 0 Å². The Balaban J connectivity index is 2.53. The van der Waals surface area contributed by atoms with Gasteiger partial charge in [0.25, 0.3) is 0 Å². The molecule has 2 atom stereocenters. The molecule has 0 amide bonds. The molecule has 1 aliphatic heterocycles. The maximum absolute atomic E-state index is 5.59. The fraction of sp³-hybridized carbons (Fsp3) is 1.00. The monoisotopic (exact) mass is 199 g/mol. The maximum Gasteiger partial charge on any atom is 0.0625 e.